The fourth-order valence-corrected chi connectivity index (χ4v) is 1.09. The first-order chi connectivity index (χ1) is 5.75. The second kappa shape index (κ2) is 4.09. The van der Waals surface area contributed by atoms with Crippen molar-refractivity contribution >= 4 is 0 Å². The van der Waals surface area contributed by atoms with Crippen LogP contribution in [0.15, 0.2) is 24.3 Å². The summed E-state index contributed by atoms with van der Waals surface area (Å²) in [6.45, 7) is 1.92. The molecule has 0 aliphatic heterocycles. The van der Waals surface area contributed by atoms with Crippen LogP contribution in [0.1, 0.15) is 18.5 Å². The second-order valence-corrected chi connectivity index (χ2v) is 2.60. The topological polar surface area (TPSA) is 41.5 Å². The molecule has 66 valence electrons. The molecule has 0 aliphatic rings. The predicted octanol–water partition coefficient (Wildman–Crippen LogP) is 1.60. The van der Waals surface area contributed by atoms with Gasteiger partial charge in [0.1, 0.15) is 5.75 Å². The number of hydrogen-bond donors (Lipinski definition) is 2. The highest BCUT2D eigenvalue weighted by Gasteiger charge is 2.07. The molecule has 0 radical (unpaired) electrons. The Morgan fingerprint density at radius 3 is 2.67 bits per heavy atom. The van der Waals surface area contributed by atoms with Crippen LogP contribution in [0, 0.1) is 0 Å². The highest BCUT2D eigenvalue weighted by Crippen LogP contribution is 2.22. The van der Waals surface area contributed by atoms with Crippen molar-refractivity contribution in [2.75, 3.05) is 7.11 Å². The summed E-state index contributed by atoms with van der Waals surface area (Å²) in [7, 11) is 1.55. The van der Waals surface area contributed by atoms with Gasteiger partial charge in [-0.15, -0.1) is 0 Å². The zero-order valence-corrected chi connectivity index (χ0v) is 7.24. The molecule has 0 aliphatic carbocycles. The number of para-hydroxylation sites is 1. The maximum atomic E-state index is 9.41. The second-order valence-electron chi connectivity index (χ2n) is 2.60. The van der Waals surface area contributed by atoms with Gasteiger partial charge < -0.3 is 9.94 Å². The van der Waals surface area contributed by atoms with Crippen molar-refractivity contribution in [1.29, 1.82) is 0 Å². The minimum Gasteiger partial charge on any atom is -0.508 e. The number of phenolic OH excluding ortho intramolecular Hbond substituents is 1. The van der Waals surface area contributed by atoms with Gasteiger partial charge in [0.2, 0.25) is 0 Å². The zero-order valence-electron chi connectivity index (χ0n) is 7.24. The Labute approximate surface area is 71.9 Å². The summed E-state index contributed by atoms with van der Waals surface area (Å²) < 4.78 is 0. The summed E-state index contributed by atoms with van der Waals surface area (Å²) >= 11 is 0. The Balaban J connectivity index is 2.79. The molecule has 0 saturated carbocycles. The van der Waals surface area contributed by atoms with Gasteiger partial charge in [-0.05, 0) is 13.0 Å². The van der Waals surface area contributed by atoms with E-state index in [0.717, 1.165) is 5.56 Å². The molecular formula is C9H13NO2. The third-order valence-electron chi connectivity index (χ3n) is 1.70. The number of benzene rings is 1. The van der Waals surface area contributed by atoms with Crippen molar-refractivity contribution in [1.82, 2.24) is 5.48 Å². The molecule has 2 N–H and O–H groups in total. The van der Waals surface area contributed by atoms with Crippen molar-refractivity contribution in [3.63, 3.8) is 0 Å². The van der Waals surface area contributed by atoms with Crippen LogP contribution < -0.4 is 5.48 Å². The lowest BCUT2D eigenvalue weighted by Crippen LogP contribution is -2.16. The monoisotopic (exact) mass is 167 g/mol. The van der Waals surface area contributed by atoms with Gasteiger partial charge >= 0.3 is 0 Å². The molecule has 3 heteroatoms. The molecule has 0 fully saturated rings. The lowest BCUT2D eigenvalue weighted by molar-refractivity contribution is 0.0652. The molecule has 0 amide bonds. The van der Waals surface area contributed by atoms with E-state index in [-0.39, 0.29) is 11.8 Å². The van der Waals surface area contributed by atoms with Gasteiger partial charge in [0.05, 0.1) is 13.2 Å². The number of nitrogens with one attached hydrogen (secondary N) is 1. The summed E-state index contributed by atoms with van der Waals surface area (Å²) in [4.78, 5) is 4.75. The van der Waals surface area contributed by atoms with Gasteiger partial charge in [0.15, 0.2) is 0 Å². The third kappa shape index (κ3) is 1.96. The van der Waals surface area contributed by atoms with Crippen molar-refractivity contribution < 1.29 is 9.94 Å². The highest BCUT2D eigenvalue weighted by atomic mass is 16.6. The van der Waals surface area contributed by atoms with Gasteiger partial charge in [-0.3, -0.25) is 0 Å². The maximum Gasteiger partial charge on any atom is 0.120 e. The largest absolute Gasteiger partial charge is 0.508 e. The minimum atomic E-state index is -0.00352. The van der Waals surface area contributed by atoms with Gasteiger partial charge in [-0.25, -0.2) is 0 Å². The quantitative estimate of drug-likeness (QED) is 0.672. The van der Waals surface area contributed by atoms with Gasteiger partial charge in [0.25, 0.3) is 0 Å². The van der Waals surface area contributed by atoms with E-state index < -0.39 is 0 Å². The summed E-state index contributed by atoms with van der Waals surface area (Å²) in [5.41, 5.74) is 3.58. The smallest absolute Gasteiger partial charge is 0.120 e. The fourth-order valence-electron chi connectivity index (χ4n) is 1.09. The number of rotatable bonds is 3. The van der Waals surface area contributed by atoms with Gasteiger partial charge in [-0.2, -0.15) is 5.48 Å². The van der Waals surface area contributed by atoms with Crippen LogP contribution in [0.2, 0.25) is 0 Å². The summed E-state index contributed by atoms with van der Waals surface area (Å²) in [5.74, 6) is 0.287. The molecule has 0 bridgehead atoms. The zero-order chi connectivity index (χ0) is 8.97. The Morgan fingerprint density at radius 2 is 2.08 bits per heavy atom. The molecule has 12 heavy (non-hydrogen) atoms. The molecular weight excluding hydrogens is 154 g/mol. The average molecular weight is 167 g/mol. The number of hydroxylamine groups is 1. The summed E-state index contributed by atoms with van der Waals surface area (Å²) in [5, 5.41) is 9.41. The molecule has 1 rings (SSSR count). The van der Waals surface area contributed by atoms with Crippen LogP contribution in [-0.2, 0) is 4.84 Å². The molecule has 1 aromatic carbocycles. The van der Waals surface area contributed by atoms with Gasteiger partial charge in [-0.1, -0.05) is 18.2 Å². The van der Waals surface area contributed by atoms with E-state index in [1.54, 1.807) is 19.2 Å². The fraction of sp³-hybridized carbons (Fsp3) is 0.333. The highest BCUT2D eigenvalue weighted by molar-refractivity contribution is 5.33. The van der Waals surface area contributed by atoms with Crippen LogP contribution in [0.3, 0.4) is 0 Å². The van der Waals surface area contributed by atoms with E-state index in [2.05, 4.69) is 5.48 Å². The molecule has 1 aromatic rings. The third-order valence-corrected chi connectivity index (χ3v) is 1.70. The van der Waals surface area contributed by atoms with Crippen molar-refractivity contribution in [2.24, 2.45) is 0 Å². The molecule has 0 saturated heterocycles. The van der Waals surface area contributed by atoms with E-state index in [9.17, 15) is 5.11 Å². The van der Waals surface area contributed by atoms with E-state index in [4.69, 9.17) is 4.84 Å². The maximum absolute atomic E-state index is 9.41. The van der Waals surface area contributed by atoms with E-state index in [0.29, 0.717) is 0 Å². The first kappa shape index (κ1) is 9.03. The molecule has 1 unspecified atom stereocenters. The van der Waals surface area contributed by atoms with Crippen molar-refractivity contribution in [3.8, 4) is 5.75 Å². The molecule has 3 nitrogen and oxygen atoms in total. The first-order valence-electron chi connectivity index (χ1n) is 3.82. The van der Waals surface area contributed by atoms with Gasteiger partial charge in [0, 0.05) is 5.56 Å². The van der Waals surface area contributed by atoms with Crippen molar-refractivity contribution in [2.45, 2.75) is 13.0 Å². The lowest BCUT2D eigenvalue weighted by atomic mass is 10.1. The van der Waals surface area contributed by atoms with E-state index in [1.165, 1.54) is 0 Å². The number of phenols is 1. The Kier molecular flexibility index (Phi) is 3.08. The normalized spacial score (nSPS) is 12.8. The lowest BCUT2D eigenvalue weighted by Gasteiger charge is -2.12. The molecule has 1 atom stereocenters. The molecule has 0 spiro atoms. The standard InChI is InChI=1S/C9H13NO2/c1-7(10-12-2)8-5-3-4-6-9(8)11/h3-7,10-11H,1-2H3. The van der Waals surface area contributed by atoms with Crippen LogP contribution in [0.4, 0.5) is 0 Å². The first-order valence-corrected chi connectivity index (χ1v) is 3.82. The number of aromatic hydroxyl groups is 1. The summed E-state index contributed by atoms with van der Waals surface area (Å²) in [6, 6.07) is 7.17. The Bertz CT molecular complexity index is 250. The summed E-state index contributed by atoms with van der Waals surface area (Å²) in [6.07, 6.45) is 0. The van der Waals surface area contributed by atoms with E-state index >= 15 is 0 Å². The van der Waals surface area contributed by atoms with Crippen LogP contribution in [0.25, 0.3) is 0 Å². The minimum absolute atomic E-state index is 0.00352. The average Bonchev–Trinajstić information content (AvgIpc) is 2.05. The SMILES string of the molecule is CONC(C)c1ccccc1O. The molecule has 0 aromatic heterocycles. The van der Waals surface area contributed by atoms with Crippen molar-refractivity contribution in [3.05, 3.63) is 29.8 Å². The molecule has 0 heterocycles. The Hall–Kier alpha value is -1.06. The van der Waals surface area contributed by atoms with Crippen LogP contribution in [0.5, 0.6) is 5.75 Å². The predicted molar refractivity (Wildman–Crippen MR) is 46.7 cm³/mol. The van der Waals surface area contributed by atoms with Crippen LogP contribution >= 0.6 is 0 Å². The Morgan fingerprint density at radius 1 is 1.42 bits per heavy atom. The number of hydrogen-bond acceptors (Lipinski definition) is 3. The van der Waals surface area contributed by atoms with E-state index in [1.807, 2.05) is 19.1 Å². The van der Waals surface area contributed by atoms with Crippen LogP contribution in [-0.4, -0.2) is 12.2 Å².